The second kappa shape index (κ2) is 8.81. The van der Waals surface area contributed by atoms with Gasteiger partial charge in [0.2, 0.25) is 5.91 Å². The molecule has 6 heteroatoms. The molecule has 1 aliphatic carbocycles. The van der Waals surface area contributed by atoms with E-state index in [0.29, 0.717) is 24.7 Å². The summed E-state index contributed by atoms with van der Waals surface area (Å²) in [5.74, 6) is 0.880. The van der Waals surface area contributed by atoms with Crippen molar-refractivity contribution in [2.24, 2.45) is 11.8 Å². The Morgan fingerprint density at radius 3 is 2.54 bits per heavy atom. The molecule has 0 aromatic rings. The van der Waals surface area contributed by atoms with Gasteiger partial charge < -0.3 is 9.64 Å². The second-order valence-corrected chi connectivity index (χ2v) is 8.52. The standard InChI is InChI=1S/C20H35N3O3/c1-15(2)23-10-11-26-18(14-23)13-21-6-8-22(9-7-21)20(25)12-17-4-5-19(24)16(17)3/h15-18H,4-14H2,1-3H3. The lowest BCUT2D eigenvalue weighted by Gasteiger charge is -2.40. The largest absolute Gasteiger partial charge is 0.374 e. The van der Waals surface area contributed by atoms with Crippen molar-refractivity contribution in [2.45, 2.75) is 52.2 Å². The molecule has 2 heterocycles. The van der Waals surface area contributed by atoms with E-state index in [0.717, 1.165) is 58.8 Å². The summed E-state index contributed by atoms with van der Waals surface area (Å²) in [6.07, 6.45) is 2.36. The highest BCUT2D eigenvalue weighted by molar-refractivity contribution is 5.85. The molecule has 0 bridgehead atoms. The summed E-state index contributed by atoms with van der Waals surface area (Å²) < 4.78 is 5.95. The van der Waals surface area contributed by atoms with Crippen LogP contribution in [0.25, 0.3) is 0 Å². The van der Waals surface area contributed by atoms with E-state index >= 15 is 0 Å². The summed E-state index contributed by atoms with van der Waals surface area (Å²) in [6, 6.07) is 0.570. The summed E-state index contributed by atoms with van der Waals surface area (Å²) in [7, 11) is 0. The molecule has 0 aromatic heterocycles. The zero-order valence-corrected chi connectivity index (χ0v) is 16.7. The molecule has 6 nitrogen and oxygen atoms in total. The minimum Gasteiger partial charge on any atom is -0.374 e. The van der Waals surface area contributed by atoms with Gasteiger partial charge in [0, 0.05) is 70.6 Å². The molecule has 1 amide bonds. The Bertz CT molecular complexity index is 503. The van der Waals surface area contributed by atoms with Crippen LogP contribution in [0.2, 0.25) is 0 Å². The molecule has 1 saturated carbocycles. The van der Waals surface area contributed by atoms with Crippen LogP contribution in [0, 0.1) is 11.8 Å². The molecule has 3 aliphatic rings. The van der Waals surface area contributed by atoms with Crippen LogP contribution in [0.4, 0.5) is 0 Å². The Kier molecular flexibility index (Phi) is 6.70. The van der Waals surface area contributed by atoms with Crippen LogP contribution >= 0.6 is 0 Å². The Balaban J connectivity index is 1.40. The molecule has 0 spiro atoms. The molecule has 3 rings (SSSR count). The average Bonchev–Trinajstić information content (AvgIpc) is 2.94. The fraction of sp³-hybridized carbons (Fsp3) is 0.900. The van der Waals surface area contributed by atoms with E-state index in [4.69, 9.17) is 4.74 Å². The quantitative estimate of drug-likeness (QED) is 0.734. The van der Waals surface area contributed by atoms with Crippen LogP contribution in [0.5, 0.6) is 0 Å². The number of Topliss-reactive ketones (excluding diaryl/α,β-unsaturated/α-hetero) is 1. The highest BCUT2D eigenvalue weighted by Gasteiger charge is 2.34. The molecule has 26 heavy (non-hydrogen) atoms. The molecule has 2 saturated heterocycles. The van der Waals surface area contributed by atoms with Crippen LogP contribution in [0.15, 0.2) is 0 Å². The number of carbonyl (C=O) groups is 2. The number of hydrogen-bond donors (Lipinski definition) is 0. The first-order chi connectivity index (χ1) is 12.4. The SMILES string of the molecule is CC1C(=O)CCC1CC(=O)N1CCN(CC2CN(C(C)C)CCO2)CC1. The number of piperazine rings is 1. The third-order valence-corrected chi connectivity index (χ3v) is 6.50. The number of amides is 1. The smallest absolute Gasteiger partial charge is 0.222 e. The average molecular weight is 366 g/mol. The molecule has 2 aliphatic heterocycles. The lowest BCUT2D eigenvalue weighted by Crippen LogP contribution is -2.54. The predicted octanol–water partition coefficient (Wildman–Crippen LogP) is 1.25. The fourth-order valence-corrected chi connectivity index (χ4v) is 4.49. The predicted molar refractivity (Wildman–Crippen MR) is 101 cm³/mol. The Hall–Kier alpha value is -0.980. The van der Waals surface area contributed by atoms with E-state index < -0.39 is 0 Å². The van der Waals surface area contributed by atoms with Gasteiger partial charge in [0.05, 0.1) is 12.7 Å². The fourth-order valence-electron chi connectivity index (χ4n) is 4.49. The van der Waals surface area contributed by atoms with E-state index in [1.165, 1.54) is 0 Å². The van der Waals surface area contributed by atoms with Crippen LogP contribution in [-0.4, -0.2) is 91.0 Å². The number of morpholine rings is 1. The summed E-state index contributed by atoms with van der Waals surface area (Å²) in [4.78, 5) is 31.2. The van der Waals surface area contributed by atoms with Crippen molar-refractivity contribution in [2.75, 3.05) is 52.4 Å². The van der Waals surface area contributed by atoms with Gasteiger partial charge in [0.15, 0.2) is 0 Å². The van der Waals surface area contributed by atoms with Crippen molar-refractivity contribution in [1.82, 2.24) is 14.7 Å². The van der Waals surface area contributed by atoms with Gasteiger partial charge in [-0.15, -0.1) is 0 Å². The summed E-state index contributed by atoms with van der Waals surface area (Å²) in [5.41, 5.74) is 0. The Morgan fingerprint density at radius 1 is 1.19 bits per heavy atom. The number of hydrogen-bond acceptors (Lipinski definition) is 5. The van der Waals surface area contributed by atoms with Crippen molar-refractivity contribution in [3.8, 4) is 0 Å². The topological polar surface area (TPSA) is 53.1 Å². The van der Waals surface area contributed by atoms with Gasteiger partial charge in [-0.1, -0.05) is 6.92 Å². The number of ether oxygens (including phenoxy) is 1. The molecular formula is C20H35N3O3. The van der Waals surface area contributed by atoms with Crippen molar-refractivity contribution in [1.29, 1.82) is 0 Å². The van der Waals surface area contributed by atoms with E-state index in [9.17, 15) is 9.59 Å². The van der Waals surface area contributed by atoms with Crippen molar-refractivity contribution >= 4 is 11.7 Å². The lowest BCUT2D eigenvalue weighted by molar-refractivity contribution is -0.134. The van der Waals surface area contributed by atoms with Gasteiger partial charge in [0.1, 0.15) is 5.78 Å². The molecular weight excluding hydrogens is 330 g/mol. The van der Waals surface area contributed by atoms with Crippen molar-refractivity contribution in [3.63, 3.8) is 0 Å². The third-order valence-electron chi connectivity index (χ3n) is 6.50. The highest BCUT2D eigenvalue weighted by atomic mass is 16.5. The van der Waals surface area contributed by atoms with Crippen molar-refractivity contribution < 1.29 is 14.3 Å². The summed E-state index contributed by atoms with van der Waals surface area (Å²) in [5, 5.41) is 0. The maximum absolute atomic E-state index is 12.6. The van der Waals surface area contributed by atoms with E-state index in [-0.39, 0.29) is 23.8 Å². The van der Waals surface area contributed by atoms with Crippen molar-refractivity contribution in [3.05, 3.63) is 0 Å². The molecule has 0 radical (unpaired) electrons. The lowest BCUT2D eigenvalue weighted by atomic mass is 9.93. The number of rotatable bonds is 5. The van der Waals surface area contributed by atoms with Gasteiger partial charge in [-0.05, 0) is 26.2 Å². The summed E-state index contributed by atoms with van der Waals surface area (Å²) >= 11 is 0. The maximum Gasteiger partial charge on any atom is 0.222 e. The molecule has 148 valence electrons. The van der Waals surface area contributed by atoms with Gasteiger partial charge in [-0.2, -0.15) is 0 Å². The maximum atomic E-state index is 12.6. The van der Waals surface area contributed by atoms with Gasteiger partial charge in [-0.25, -0.2) is 0 Å². The van der Waals surface area contributed by atoms with Crippen LogP contribution in [-0.2, 0) is 14.3 Å². The van der Waals surface area contributed by atoms with E-state index in [1.54, 1.807) is 0 Å². The Morgan fingerprint density at radius 2 is 1.92 bits per heavy atom. The second-order valence-electron chi connectivity index (χ2n) is 8.52. The first-order valence-electron chi connectivity index (χ1n) is 10.3. The van der Waals surface area contributed by atoms with E-state index in [2.05, 4.69) is 23.6 Å². The van der Waals surface area contributed by atoms with Gasteiger partial charge in [-0.3, -0.25) is 19.4 Å². The third kappa shape index (κ3) is 4.84. The molecule has 3 unspecified atom stereocenters. The monoisotopic (exact) mass is 365 g/mol. The van der Waals surface area contributed by atoms with Crippen LogP contribution in [0.1, 0.15) is 40.0 Å². The normalized spacial score (nSPS) is 31.8. The van der Waals surface area contributed by atoms with Crippen LogP contribution < -0.4 is 0 Å². The molecule has 3 fully saturated rings. The number of ketones is 1. The highest BCUT2D eigenvalue weighted by Crippen LogP contribution is 2.31. The molecule has 0 N–H and O–H groups in total. The molecule has 0 aromatic carbocycles. The van der Waals surface area contributed by atoms with Crippen LogP contribution in [0.3, 0.4) is 0 Å². The zero-order valence-electron chi connectivity index (χ0n) is 16.7. The zero-order chi connectivity index (χ0) is 18.7. The first-order valence-corrected chi connectivity index (χ1v) is 10.3. The van der Waals surface area contributed by atoms with Gasteiger partial charge >= 0.3 is 0 Å². The number of carbonyl (C=O) groups excluding carboxylic acids is 2. The Labute approximate surface area is 157 Å². The van der Waals surface area contributed by atoms with E-state index in [1.807, 2.05) is 11.8 Å². The van der Waals surface area contributed by atoms with Gasteiger partial charge in [0.25, 0.3) is 0 Å². The summed E-state index contributed by atoms with van der Waals surface area (Å²) in [6.45, 7) is 13.7. The first kappa shape index (κ1) is 19.8. The minimum atomic E-state index is 0.0626. The molecule has 3 atom stereocenters. The minimum absolute atomic E-state index is 0.0626. The number of nitrogens with zero attached hydrogens (tertiary/aromatic N) is 3.